The summed E-state index contributed by atoms with van der Waals surface area (Å²) < 4.78 is 0. The third kappa shape index (κ3) is 7.05. The zero-order valence-corrected chi connectivity index (χ0v) is 20.5. The monoisotopic (exact) mass is 390 g/mol. The van der Waals surface area contributed by atoms with Crippen LogP contribution in [0.5, 0.6) is 0 Å². The molecule has 0 bridgehead atoms. The predicted molar refractivity (Wildman–Crippen MR) is 127 cm³/mol. The second kappa shape index (κ2) is 12.6. The SMILES string of the molecule is CCC(C)CC(CC)C1CC(CC)CC(CC)CCC2CCCCC2CC1C. The summed E-state index contributed by atoms with van der Waals surface area (Å²) in [5.41, 5.74) is 0. The molecule has 0 amide bonds. The van der Waals surface area contributed by atoms with Crippen LogP contribution in [0, 0.1) is 47.3 Å². The highest BCUT2D eigenvalue weighted by Crippen LogP contribution is 2.45. The fraction of sp³-hybridized carbons (Fsp3) is 1.00. The molecule has 0 aromatic heterocycles. The molecular formula is C28H54. The van der Waals surface area contributed by atoms with E-state index in [1.165, 1.54) is 70.6 Å². The van der Waals surface area contributed by atoms with Gasteiger partial charge in [-0.15, -0.1) is 0 Å². The van der Waals surface area contributed by atoms with E-state index in [9.17, 15) is 0 Å². The van der Waals surface area contributed by atoms with Crippen molar-refractivity contribution in [2.24, 2.45) is 47.3 Å². The van der Waals surface area contributed by atoms with Crippen molar-refractivity contribution < 1.29 is 0 Å². The van der Waals surface area contributed by atoms with E-state index < -0.39 is 0 Å². The van der Waals surface area contributed by atoms with Gasteiger partial charge >= 0.3 is 0 Å². The average Bonchev–Trinajstić information content (AvgIpc) is 2.74. The maximum absolute atomic E-state index is 2.66. The third-order valence-electron chi connectivity index (χ3n) is 9.38. The molecule has 2 saturated carbocycles. The Morgan fingerprint density at radius 3 is 2.00 bits per heavy atom. The van der Waals surface area contributed by atoms with Gasteiger partial charge in [-0.25, -0.2) is 0 Å². The van der Waals surface area contributed by atoms with Crippen LogP contribution in [0.25, 0.3) is 0 Å². The van der Waals surface area contributed by atoms with Gasteiger partial charge in [-0.3, -0.25) is 0 Å². The van der Waals surface area contributed by atoms with E-state index in [2.05, 4.69) is 41.5 Å². The summed E-state index contributed by atoms with van der Waals surface area (Å²) >= 11 is 0. The van der Waals surface area contributed by atoms with Crippen LogP contribution in [-0.4, -0.2) is 0 Å². The van der Waals surface area contributed by atoms with Crippen molar-refractivity contribution in [3.8, 4) is 0 Å². The van der Waals surface area contributed by atoms with E-state index in [-0.39, 0.29) is 0 Å². The first-order valence-electron chi connectivity index (χ1n) is 13.5. The van der Waals surface area contributed by atoms with Gasteiger partial charge in [-0.2, -0.15) is 0 Å². The van der Waals surface area contributed by atoms with Crippen molar-refractivity contribution in [3.05, 3.63) is 0 Å². The standard InChI is InChI=1S/C28H54/c1-7-21(5)17-25(10-4)28-20-24(9-3)19-23(8-2)15-16-26-13-11-12-14-27(26)18-22(28)6/h21-28H,7-20H2,1-6H3. The van der Waals surface area contributed by atoms with Gasteiger partial charge < -0.3 is 0 Å². The zero-order chi connectivity index (χ0) is 20.5. The number of hydrogen-bond donors (Lipinski definition) is 0. The molecule has 0 radical (unpaired) electrons. The molecule has 8 unspecified atom stereocenters. The summed E-state index contributed by atoms with van der Waals surface area (Å²) in [6, 6.07) is 0. The van der Waals surface area contributed by atoms with Crippen LogP contribution in [0.4, 0.5) is 0 Å². The van der Waals surface area contributed by atoms with E-state index in [1.807, 2.05) is 0 Å². The van der Waals surface area contributed by atoms with Crippen molar-refractivity contribution in [1.82, 2.24) is 0 Å². The van der Waals surface area contributed by atoms with Gasteiger partial charge in [0.1, 0.15) is 0 Å². The molecule has 2 aliphatic carbocycles. The molecule has 0 aromatic rings. The minimum Gasteiger partial charge on any atom is -0.0651 e. The molecule has 2 aliphatic rings. The first-order valence-corrected chi connectivity index (χ1v) is 13.5. The summed E-state index contributed by atoms with van der Waals surface area (Å²) in [6.45, 7) is 15.0. The smallest absolute Gasteiger partial charge is 0.0357 e. The zero-order valence-electron chi connectivity index (χ0n) is 20.5. The Labute approximate surface area is 179 Å². The molecule has 0 aromatic carbocycles. The molecule has 2 rings (SSSR count). The van der Waals surface area contributed by atoms with Gasteiger partial charge in [0.2, 0.25) is 0 Å². The first kappa shape index (κ1) is 24.3. The highest BCUT2D eigenvalue weighted by atomic mass is 14.4. The van der Waals surface area contributed by atoms with E-state index in [0.717, 1.165) is 47.3 Å². The van der Waals surface area contributed by atoms with Crippen LogP contribution in [0.2, 0.25) is 0 Å². The van der Waals surface area contributed by atoms with E-state index in [1.54, 1.807) is 19.3 Å². The lowest BCUT2D eigenvalue weighted by Gasteiger charge is -2.39. The maximum atomic E-state index is 2.66. The van der Waals surface area contributed by atoms with Crippen LogP contribution >= 0.6 is 0 Å². The summed E-state index contributed by atoms with van der Waals surface area (Å²) in [5, 5.41) is 0. The van der Waals surface area contributed by atoms with Gasteiger partial charge in [0.05, 0.1) is 0 Å². The Balaban J connectivity index is 2.23. The quantitative estimate of drug-likeness (QED) is 0.406. The van der Waals surface area contributed by atoms with E-state index >= 15 is 0 Å². The minimum absolute atomic E-state index is 0.904. The second-order valence-electron chi connectivity index (χ2n) is 11.2. The molecule has 166 valence electrons. The third-order valence-corrected chi connectivity index (χ3v) is 9.38. The van der Waals surface area contributed by atoms with Crippen molar-refractivity contribution in [2.45, 2.75) is 131 Å². The molecule has 0 heteroatoms. The lowest BCUT2D eigenvalue weighted by molar-refractivity contribution is 0.115. The van der Waals surface area contributed by atoms with Crippen LogP contribution in [0.1, 0.15) is 131 Å². The van der Waals surface area contributed by atoms with Gasteiger partial charge in [0.25, 0.3) is 0 Å². The number of rotatable bonds is 7. The molecule has 0 aliphatic heterocycles. The summed E-state index contributed by atoms with van der Waals surface area (Å²) in [4.78, 5) is 0. The van der Waals surface area contributed by atoms with Crippen molar-refractivity contribution in [1.29, 1.82) is 0 Å². The lowest BCUT2D eigenvalue weighted by atomic mass is 9.67. The molecule has 0 N–H and O–H groups in total. The van der Waals surface area contributed by atoms with E-state index in [4.69, 9.17) is 0 Å². The van der Waals surface area contributed by atoms with Crippen molar-refractivity contribution >= 4 is 0 Å². The Morgan fingerprint density at radius 2 is 1.39 bits per heavy atom. The predicted octanol–water partition coefficient (Wildman–Crippen LogP) is 9.52. The number of hydrogen-bond acceptors (Lipinski definition) is 0. The first-order chi connectivity index (χ1) is 13.5. The Morgan fingerprint density at radius 1 is 0.714 bits per heavy atom. The maximum Gasteiger partial charge on any atom is -0.0357 e. The fourth-order valence-corrected chi connectivity index (χ4v) is 7.07. The molecule has 28 heavy (non-hydrogen) atoms. The Hall–Kier alpha value is 0. The van der Waals surface area contributed by atoms with Gasteiger partial charge in [-0.05, 0) is 79.4 Å². The fourth-order valence-electron chi connectivity index (χ4n) is 7.07. The van der Waals surface area contributed by atoms with E-state index in [0.29, 0.717) is 0 Å². The van der Waals surface area contributed by atoms with Crippen LogP contribution in [0.3, 0.4) is 0 Å². The van der Waals surface area contributed by atoms with Crippen LogP contribution in [0.15, 0.2) is 0 Å². The molecule has 2 fully saturated rings. The average molecular weight is 391 g/mol. The second-order valence-corrected chi connectivity index (χ2v) is 11.2. The Kier molecular flexibility index (Phi) is 11.0. The van der Waals surface area contributed by atoms with Gasteiger partial charge in [-0.1, -0.05) is 99.3 Å². The molecule has 8 atom stereocenters. The highest BCUT2D eigenvalue weighted by molar-refractivity contribution is 4.85. The highest BCUT2D eigenvalue weighted by Gasteiger charge is 2.34. The normalized spacial score (nSPS) is 37.5. The summed E-state index contributed by atoms with van der Waals surface area (Å²) in [5.74, 6) is 7.85. The molecular weight excluding hydrogens is 336 g/mol. The topological polar surface area (TPSA) is 0 Å². The van der Waals surface area contributed by atoms with Crippen LogP contribution in [-0.2, 0) is 0 Å². The largest absolute Gasteiger partial charge is 0.0651 e. The summed E-state index contributed by atoms with van der Waals surface area (Å²) in [6.07, 6.45) is 20.8. The van der Waals surface area contributed by atoms with Crippen molar-refractivity contribution in [3.63, 3.8) is 0 Å². The molecule has 0 saturated heterocycles. The lowest BCUT2D eigenvalue weighted by Crippen LogP contribution is -2.29. The molecule has 0 nitrogen and oxygen atoms in total. The summed E-state index contributed by atoms with van der Waals surface area (Å²) in [7, 11) is 0. The molecule has 0 spiro atoms. The minimum atomic E-state index is 0.904. The van der Waals surface area contributed by atoms with Crippen LogP contribution < -0.4 is 0 Å². The Bertz CT molecular complexity index is 399. The molecule has 0 heterocycles. The number of fused-ring (bicyclic) bond motifs is 1. The van der Waals surface area contributed by atoms with Crippen molar-refractivity contribution in [2.75, 3.05) is 0 Å². The van der Waals surface area contributed by atoms with Gasteiger partial charge in [0.15, 0.2) is 0 Å². The van der Waals surface area contributed by atoms with Gasteiger partial charge in [0, 0.05) is 0 Å².